The number of hydrogen-bond acceptors (Lipinski definition) is 7. The number of nitriles is 1. The van der Waals surface area contributed by atoms with E-state index in [4.69, 9.17) is 4.74 Å². The van der Waals surface area contributed by atoms with Gasteiger partial charge in [-0.2, -0.15) is 10.2 Å². The zero-order valence-corrected chi connectivity index (χ0v) is 19.8. The topological polar surface area (TPSA) is 83.7 Å². The zero-order chi connectivity index (χ0) is 23.9. The highest BCUT2D eigenvalue weighted by molar-refractivity contribution is 7.21. The van der Waals surface area contributed by atoms with Crippen molar-refractivity contribution in [3.63, 3.8) is 0 Å². The van der Waals surface area contributed by atoms with E-state index < -0.39 is 0 Å². The maximum atomic E-state index is 9.31. The summed E-state index contributed by atoms with van der Waals surface area (Å²) in [5, 5.41) is 13.6. The zero-order valence-electron chi connectivity index (χ0n) is 19.0. The van der Waals surface area contributed by atoms with Gasteiger partial charge in [0.1, 0.15) is 11.6 Å². The number of benzene rings is 3. The molecule has 0 saturated carbocycles. The van der Waals surface area contributed by atoms with Gasteiger partial charge in [-0.05, 0) is 28.8 Å². The minimum atomic E-state index is 0.162. The van der Waals surface area contributed by atoms with Gasteiger partial charge < -0.3 is 10.1 Å². The highest BCUT2D eigenvalue weighted by Gasteiger charge is 2.14. The molecule has 0 aliphatic heterocycles. The molecule has 0 radical (unpaired) electrons. The van der Waals surface area contributed by atoms with Gasteiger partial charge in [-0.1, -0.05) is 66.7 Å². The highest BCUT2D eigenvalue weighted by atomic mass is 32.1. The number of aromatic nitrogens is 3. The summed E-state index contributed by atoms with van der Waals surface area (Å²) in [5.41, 5.74) is 5.82. The number of nitrogens with zero attached hydrogens (tertiary/aromatic N) is 4. The molecule has 0 aliphatic carbocycles. The van der Waals surface area contributed by atoms with Gasteiger partial charge in [0, 0.05) is 19.3 Å². The Morgan fingerprint density at radius 1 is 0.829 bits per heavy atom. The van der Waals surface area contributed by atoms with Crippen LogP contribution in [0.3, 0.4) is 0 Å². The first kappa shape index (κ1) is 22.7. The smallest absolute Gasteiger partial charge is 0.316 e. The molecule has 5 aromatic rings. The SMILES string of the molecule is N#CCc1nc(OCc2ccc(CNCc3ccccc3)cc2)ncc1-c1nc2ccccc2s1. The van der Waals surface area contributed by atoms with Gasteiger partial charge in [-0.3, -0.25) is 0 Å². The number of nitrogens with one attached hydrogen (secondary N) is 1. The first-order valence-electron chi connectivity index (χ1n) is 11.3. The standard InChI is InChI=1S/C28H23N5OS/c29-15-14-24-23(27-32-25-8-4-5-9-26(25)35-27)18-31-28(33-24)34-19-22-12-10-21(11-13-22)17-30-16-20-6-2-1-3-7-20/h1-13,18,30H,14,16-17,19H2. The second-order valence-corrected chi connectivity index (χ2v) is 9.06. The number of fused-ring (bicyclic) bond motifs is 1. The van der Waals surface area contributed by atoms with Crippen molar-refractivity contribution >= 4 is 21.6 Å². The molecule has 0 bridgehead atoms. The van der Waals surface area contributed by atoms with Crippen LogP contribution in [0, 0.1) is 11.3 Å². The van der Waals surface area contributed by atoms with E-state index >= 15 is 0 Å². The van der Waals surface area contributed by atoms with Crippen LogP contribution in [0.15, 0.2) is 85.1 Å². The molecule has 35 heavy (non-hydrogen) atoms. The van der Waals surface area contributed by atoms with Crippen LogP contribution in [0.1, 0.15) is 22.4 Å². The fourth-order valence-corrected chi connectivity index (χ4v) is 4.69. The van der Waals surface area contributed by atoms with E-state index in [-0.39, 0.29) is 12.4 Å². The number of hydrogen-bond donors (Lipinski definition) is 1. The monoisotopic (exact) mass is 477 g/mol. The number of ether oxygens (including phenoxy) is 1. The average molecular weight is 478 g/mol. The average Bonchev–Trinajstić information content (AvgIpc) is 3.33. The first-order valence-corrected chi connectivity index (χ1v) is 12.1. The quantitative estimate of drug-likeness (QED) is 0.294. The van der Waals surface area contributed by atoms with E-state index in [9.17, 15) is 5.26 Å². The van der Waals surface area contributed by atoms with Crippen molar-refractivity contribution in [2.75, 3.05) is 0 Å². The van der Waals surface area contributed by atoms with E-state index in [1.165, 1.54) is 11.1 Å². The molecule has 6 nitrogen and oxygen atoms in total. The number of rotatable bonds is 9. The molecule has 0 unspecified atom stereocenters. The van der Waals surface area contributed by atoms with Crippen molar-refractivity contribution in [2.24, 2.45) is 0 Å². The molecule has 5 rings (SSSR count). The molecule has 3 aromatic carbocycles. The van der Waals surface area contributed by atoms with Gasteiger partial charge >= 0.3 is 6.01 Å². The fraction of sp³-hybridized carbons (Fsp3) is 0.143. The Morgan fingerprint density at radius 2 is 1.54 bits per heavy atom. The van der Waals surface area contributed by atoms with Crippen LogP contribution in [-0.4, -0.2) is 15.0 Å². The summed E-state index contributed by atoms with van der Waals surface area (Å²) in [6.07, 6.45) is 1.86. The van der Waals surface area contributed by atoms with Crippen LogP contribution in [0.5, 0.6) is 6.01 Å². The first-order chi connectivity index (χ1) is 17.3. The van der Waals surface area contributed by atoms with Gasteiger partial charge in [0.15, 0.2) is 0 Å². The molecule has 0 fully saturated rings. The summed E-state index contributed by atoms with van der Waals surface area (Å²) in [6, 6.07) is 29.0. The molecule has 0 amide bonds. The molecule has 172 valence electrons. The van der Waals surface area contributed by atoms with Crippen molar-refractivity contribution in [3.05, 3.63) is 107 Å². The second kappa shape index (κ2) is 10.9. The van der Waals surface area contributed by atoms with Crippen LogP contribution in [0.4, 0.5) is 0 Å². The van der Waals surface area contributed by atoms with Crippen LogP contribution in [0.2, 0.25) is 0 Å². The summed E-state index contributed by atoms with van der Waals surface area (Å²) < 4.78 is 6.93. The van der Waals surface area contributed by atoms with Crippen molar-refractivity contribution in [1.82, 2.24) is 20.3 Å². The number of thiazole rings is 1. The lowest BCUT2D eigenvalue weighted by Crippen LogP contribution is -2.12. The highest BCUT2D eigenvalue weighted by Crippen LogP contribution is 2.32. The summed E-state index contributed by atoms with van der Waals surface area (Å²) in [7, 11) is 0. The Kier molecular flexibility index (Phi) is 7.04. The van der Waals surface area contributed by atoms with Gasteiger partial charge in [0.2, 0.25) is 0 Å². The molecular weight excluding hydrogens is 454 g/mol. The predicted molar refractivity (Wildman–Crippen MR) is 138 cm³/mol. The third kappa shape index (κ3) is 5.69. The third-order valence-electron chi connectivity index (χ3n) is 5.51. The largest absolute Gasteiger partial charge is 0.459 e. The maximum absolute atomic E-state index is 9.31. The third-order valence-corrected chi connectivity index (χ3v) is 6.58. The van der Waals surface area contributed by atoms with Crippen molar-refractivity contribution in [1.29, 1.82) is 5.26 Å². The molecule has 2 aromatic heterocycles. The van der Waals surface area contributed by atoms with Gasteiger partial charge in [0.25, 0.3) is 0 Å². The van der Waals surface area contributed by atoms with E-state index in [1.807, 2.05) is 54.6 Å². The Bertz CT molecular complexity index is 1430. The van der Waals surface area contributed by atoms with E-state index in [0.29, 0.717) is 12.3 Å². The normalized spacial score (nSPS) is 10.8. The van der Waals surface area contributed by atoms with Crippen molar-refractivity contribution in [3.8, 4) is 22.7 Å². The summed E-state index contributed by atoms with van der Waals surface area (Å²) in [5.74, 6) is 0. The van der Waals surface area contributed by atoms with Crippen LogP contribution in [-0.2, 0) is 26.1 Å². The summed E-state index contributed by atoms with van der Waals surface area (Å²) in [6.45, 7) is 1.98. The molecule has 0 saturated heterocycles. The Balaban J connectivity index is 1.21. The Labute approximate surface area is 207 Å². The van der Waals surface area contributed by atoms with Gasteiger partial charge in [-0.25, -0.2) is 9.97 Å². The molecule has 0 atom stereocenters. The van der Waals surface area contributed by atoms with Crippen LogP contribution < -0.4 is 10.1 Å². The van der Waals surface area contributed by atoms with Gasteiger partial charge in [-0.15, -0.1) is 11.3 Å². The Morgan fingerprint density at radius 3 is 2.31 bits per heavy atom. The lowest BCUT2D eigenvalue weighted by atomic mass is 10.1. The van der Waals surface area contributed by atoms with E-state index in [2.05, 4.69) is 50.6 Å². The Hall–Kier alpha value is -4.12. The van der Waals surface area contributed by atoms with Crippen LogP contribution >= 0.6 is 11.3 Å². The minimum absolute atomic E-state index is 0.162. The molecule has 0 aliphatic rings. The molecule has 0 spiro atoms. The van der Waals surface area contributed by atoms with Crippen molar-refractivity contribution < 1.29 is 4.74 Å². The second-order valence-electron chi connectivity index (χ2n) is 8.03. The van der Waals surface area contributed by atoms with Crippen molar-refractivity contribution in [2.45, 2.75) is 26.1 Å². The number of para-hydroxylation sites is 1. The summed E-state index contributed by atoms with van der Waals surface area (Å²) in [4.78, 5) is 13.6. The van der Waals surface area contributed by atoms with Gasteiger partial charge in [0.05, 0.1) is 34.0 Å². The van der Waals surface area contributed by atoms with E-state index in [1.54, 1.807) is 17.5 Å². The molecule has 7 heteroatoms. The fourth-order valence-electron chi connectivity index (χ4n) is 3.69. The molecule has 1 N–H and O–H groups in total. The van der Waals surface area contributed by atoms with Crippen LogP contribution in [0.25, 0.3) is 20.8 Å². The lowest BCUT2D eigenvalue weighted by Gasteiger charge is -2.09. The molecule has 2 heterocycles. The lowest BCUT2D eigenvalue weighted by molar-refractivity contribution is 0.280. The minimum Gasteiger partial charge on any atom is -0.459 e. The molecular formula is C28H23N5OS. The maximum Gasteiger partial charge on any atom is 0.316 e. The van der Waals surface area contributed by atoms with E-state index in [0.717, 1.165) is 39.4 Å². The predicted octanol–water partition coefficient (Wildman–Crippen LogP) is 5.69. The summed E-state index contributed by atoms with van der Waals surface area (Å²) >= 11 is 1.57.